The van der Waals surface area contributed by atoms with E-state index < -0.39 is 0 Å². The van der Waals surface area contributed by atoms with Crippen LogP contribution in [0.15, 0.2) is 35.1 Å². The molecule has 0 aliphatic carbocycles. The molecule has 1 heterocycles. The second-order valence-electron chi connectivity index (χ2n) is 5.09. The fraction of sp³-hybridized carbons (Fsp3) is 0.312. The van der Waals surface area contributed by atoms with Crippen LogP contribution in [-0.2, 0) is 11.3 Å². The lowest BCUT2D eigenvalue weighted by atomic mass is 10.2. The molecule has 0 unspecified atom stereocenters. The number of nitrogens with zero attached hydrogens (tertiary/aromatic N) is 2. The molecule has 2 aromatic rings. The first-order valence-corrected chi connectivity index (χ1v) is 7.54. The maximum Gasteiger partial charge on any atom is 0.266 e. The molecule has 0 radical (unpaired) electrons. The normalized spacial score (nSPS) is 10.4. The molecule has 1 N–H and O–H groups in total. The maximum atomic E-state index is 11.7. The van der Waals surface area contributed by atoms with E-state index in [0.717, 1.165) is 11.3 Å². The number of benzene rings is 1. The summed E-state index contributed by atoms with van der Waals surface area (Å²) < 4.78 is 6.71. The Bertz CT molecular complexity index is 758. The molecule has 1 aromatic heterocycles. The maximum absolute atomic E-state index is 11.7. The summed E-state index contributed by atoms with van der Waals surface area (Å²) in [5.74, 6) is 0.317. The van der Waals surface area contributed by atoms with Crippen LogP contribution >= 0.6 is 11.6 Å². The number of halogens is 1. The summed E-state index contributed by atoms with van der Waals surface area (Å²) in [4.78, 5) is 23.3. The van der Waals surface area contributed by atoms with Gasteiger partial charge in [0.05, 0.1) is 12.2 Å². The predicted molar refractivity (Wildman–Crippen MR) is 87.9 cm³/mol. The van der Waals surface area contributed by atoms with E-state index in [2.05, 4.69) is 10.4 Å². The highest BCUT2D eigenvalue weighted by molar-refractivity contribution is 6.31. The highest BCUT2D eigenvalue weighted by Gasteiger charge is 2.05. The van der Waals surface area contributed by atoms with Crippen LogP contribution in [0.1, 0.15) is 11.3 Å². The third-order valence-electron chi connectivity index (χ3n) is 3.15. The lowest BCUT2D eigenvalue weighted by Gasteiger charge is -2.09. The first kappa shape index (κ1) is 17.0. The molecule has 1 amide bonds. The predicted octanol–water partition coefficient (Wildman–Crippen LogP) is 1.71. The van der Waals surface area contributed by atoms with E-state index in [-0.39, 0.29) is 18.1 Å². The Hall–Kier alpha value is -2.34. The summed E-state index contributed by atoms with van der Waals surface area (Å²) in [5, 5.41) is 7.43. The lowest BCUT2D eigenvalue weighted by Crippen LogP contribution is -2.34. The molecule has 122 valence electrons. The highest BCUT2D eigenvalue weighted by atomic mass is 35.5. The summed E-state index contributed by atoms with van der Waals surface area (Å²) >= 11 is 5.93. The number of hydrogen-bond acceptors (Lipinski definition) is 4. The molecule has 0 atom stereocenters. The van der Waals surface area contributed by atoms with Gasteiger partial charge in [0, 0.05) is 17.6 Å². The van der Waals surface area contributed by atoms with E-state index in [4.69, 9.17) is 16.3 Å². The number of aryl methyl sites for hydroxylation is 2. The average molecular weight is 336 g/mol. The highest BCUT2D eigenvalue weighted by Crippen LogP contribution is 2.20. The van der Waals surface area contributed by atoms with Crippen molar-refractivity contribution in [3.63, 3.8) is 0 Å². The fourth-order valence-electron chi connectivity index (χ4n) is 1.92. The molecule has 0 bridgehead atoms. The van der Waals surface area contributed by atoms with E-state index in [1.165, 1.54) is 10.7 Å². The molecule has 0 spiro atoms. The molecule has 7 heteroatoms. The lowest BCUT2D eigenvalue weighted by molar-refractivity contribution is -0.123. The van der Waals surface area contributed by atoms with Gasteiger partial charge in [-0.15, -0.1) is 0 Å². The van der Waals surface area contributed by atoms with Crippen LogP contribution in [0.4, 0.5) is 0 Å². The Morgan fingerprint density at radius 3 is 2.83 bits per heavy atom. The van der Waals surface area contributed by atoms with Crippen LogP contribution in [0.5, 0.6) is 5.75 Å². The second-order valence-corrected chi connectivity index (χ2v) is 5.49. The first-order chi connectivity index (χ1) is 11.0. The third kappa shape index (κ3) is 5.10. The molecule has 23 heavy (non-hydrogen) atoms. The molecule has 6 nitrogen and oxygen atoms in total. The largest absolute Gasteiger partial charge is 0.484 e. The molecule has 1 aromatic carbocycles. The van der Waals surface area contributed by atoms with E-state index in [0.29, 0.717) is 23.9 Å². The monoisotopic (exact) mass is 335 g/mol. The fourth-order valence-corrected chi connectivity index (χ4v) is 2.04. The van der Waals surface area contributed by atoms with Crippen molar-refractivity contribution >= 4 is 17.5 Å². The molecule has 0 aliphatic rings. The molecular weight excluding hydrogens is 318 g/mol. The van der Waals surface area contributed by atoms with E-state index in [1.807, 2.05) is 6.92 Å². The van der Waals surface area contributed by atoms with Gasteiger partial charge in [0.15, 0.2) is 6.61 Å². The van der Waals surface area contributed by atoms with Crippen LogP contribution in [0, 0.1) is 13.8 Å². The Labute approximate surface area is 139 Å². The van der Waals surface area contributed by atoms with Gasteiger partial charge in [0.25, 0.3) is 11.5 Å². The quantitative estimate of drug-likeness (QED) is 0.872. The number of hydrogen-bond donors (Lipinski definition) is 1. The Morgan fingerprint density at radius 2 is 2.09 bits per heavy atom. The summed E-state index contributed by atoms with van der Waals surface area (Å²) in [6.07, 6.45) is 0. The van der Waals surface area contributed by atoms with E-state index >= 15 is 0 Å². The number of nitrogens with one attached hydrogen (secondary N) is 1. The summed E-state index contributed by atoms with van der Waals surface area (Å²) in [6.45, 7) is 4.18. The van der Waals surface area contributed by atoms with Gasteiger partial charge in [-0.2, -0.15) is 5.10 Å². The van der Waals surface area contributed by atoms with Gasteiger partial charge in [-0.05, 0) is 43.7 Å². The van der Waals surface area contributed by atoms with Crippen LogP contribution < -0.4 is 15.6 Å². The van der Waals surface area contributed by atoms with E-state index in [1.54, 1.807) is 31.2 Å². The number of aromatic nitrogens is 2. The molecule has 0 fully saturated rings. The van der Waals surface area contributed by atoms with Crippen molar-refractivity contribution in [2.45, 2.75) is 20.4 Å². The number of carbonyl (C=O) groups excluding carboxylic acids is 1. The number of carbonyl (C=O) groups is 1. The topological polar surface area (TPSA) is 73.2 Å². The molecule has 2 rings (SSSR count). The summed E-state index contributed by atoms with van der Waals surface area (Å²) in [6, 6.07) is 8.31. The Morgan fingerprint density at radius 1 is 1.30 bits per heavy atom. The zero-order chi connectivity index (χ0) is 16.8. The number of amides is 1. The zero-order valence-corrected chi connectivity index (χ0v) is 13.8. The van der Waals surface area contributed by atoms with Crippen molar-refractivity contribution in [3.8, 4) is 5.75 Å². The van der Waals surface area contributed by atoms with Gasteiger partial charge in [-0.25, -0.2) is 4.68 Å². The van der Waals surface area contributed by atoms with Crippen molar-refractivity contribution in [2.24, 2.45) is 0 Å². The van der Waals surface area contributed by atoms with Crippen LogP contribution in [0.3, 0.4) is 0 Å². The minimum absolute atomic E-state index is 0.1000. The minimum Gasteiger partial charge on any atom is -0.484 e. The zero-order valence-electron chi connectivity index (χ0n) is 13.0. The molecule has 0 saturated carbocycles. The summed E-state index contributed by atoms with van der Waals surface area (Å²) in [5.41, 5.74) is 1.43. The third-order valence-corrected chi connectivity index (χ3v) is 3.57. The van der Waals surface area contributed by atoms with Crippen LogP contribution in [0.2, 0.25) is 5.02 Å². The van der Waals surface area contributed by atoms with Crippen molar-refractivity contribution in [3.05, 3.63) is 57.0 Å². The summed E-state index contributed by atoms with van der Waals surface area (Å²) in [7, 11) is 0. The average Bonchev–Trinajstić information content (AvgIpc) is 2.52. The Kier molecular flexibility index (Phi) is 5.76. The van der Waals surface area contributed by atoms with Gasteiger partial charge >= 0.3 is 0 Å². The van der Waals surface area contributed by atoms with Crippen molar-refractivity contribution in [1.82, 2.24) is 15.1 Å². The van der Waals surface area contributed by atoms with Crippen molar-refractivity contribution in [1.29, 1.82) is 0 Å². The minimum atomic E-state index is -0.265. The van der Waals surface area contributed by atoms with Gasteiger partial charge in [-0.3, -0.25) is 9.59 Å². The Balaban J connectivity index is 1.78. The second kappa shape index (κ2) is 7.78. The van der Waals surface area contributed by atoms with Gasteiger partial charge in [-0.1, -0.05) is 11.6 Å². The molecule has 0 aliphatic heterocycles. The smallest absolute Gasteiger partial charge is 0.266 e. The van der Waals surface area contributed by atoms with Gasteiger partial charge in [0.1, 0.15) is 5.75 Å². The van der Waals surface area contributed by atoms with Gasteiger partial charge in [0.2, 0.25) is 0 Å². The number of ether oxygens (including phenoxy) is 1. The molecule has 0 saturated heterocycles. The van der Waals surface area contributed by atoms with Gasteiger partial charge < -0.3 is 10.1 Å². The van der Waals surface area contributed by atoms with Crippen molar-refractivity contribution in [2.75, 3.05) is 13.2 Å². The SMILES string of the molecule is Cc1ccc(=O)n(CCNC(=O)COc2ccc(Cl)c(C)c2)n1. The van der Waals surface area contributed by atoms with E-state index in [9.17, 15) is 9.59 Å². The van der Waals surface area contributed by atoms with Crippen LogP contribution in [0.25, 0.3) is 0 Å². The van der Waals surface area contributed by atoms with Crippen LogP contribution in [-0.4, -0.2) is 28.8 Å². The van der Waals surface area contributed by atoms with Crippen molar-refractivity contribution < 1.29 is 9.53 Å². The first-order valence-electron chi connectivity index (χ1n) is 7.16. The standard InChI is InChI=1S/C16H18ClN3O3/c1-11-9-13(4-5-14(11)17)23-10-15(21)18-7-8-20-16(22)6-3-12(2)19-20/h3-6,9H,7-8,10H2,1-2H3,(H,18,21). The molecular formula is C16H18ClN3O3. The number of rotatable bonds is 6.